The number of aryl methyl sites for hydroxylation is 1. The molecule has 118 valence electrons. The van der Waals surface area contributed by atoms with Crippen molar-refractivity contribution in [3.8, 4) is 0 Å². The molecule has 2 aromatic rings. The summed E-state index contributed by atoms with van der Waals surface area (Å²) < 4.78 is 1.79. The van der Waals surface area contributed by atoms with E-state index >= 15 is 0 Å². The van der Waals surface area contributed by atoms with Gasteiger partial charge < -0.3 is 10.2 Å². The average Bonchev–Trinajstić information content (AvgIpc) is 2.83. The van der Waals surface area contributed by atoms with Crippen LogP contribution in [-0.4, -0.2) is 26.8 Å². The van der Waals surface area contributed by atoms with Crippen molar-refractivity contribution >= 4 is 57.8 Å². The third kappa shape index (κ3) is 4.26. The molecule has 0 saturated carbocycles. The summed E-state index contributed by atoms with van der Waals surface area (Å²) in [6, 6.07) is 5.25. The highest BCUT2D eigenvalue weighted by atomic mass is 35.5. The number of benzene rings is 1. The number of nitrogens with one attached hydrogen (secondary N) is 1. The molecule has 1 N–H and O–H groups in total. The number of rotatable bonds is 4. The summed E-state index contributed by atoms with van der Waals surface area (Å²) in [6.07, 6.45) is 1.81. The maximum absolute atomic E-state index is 6.17. The molecule has 0 spiro atoms. The Balaban J connectivity index is 2.02. The van der Waals surface area contributed by atoms with E-state index in [4.69, 9.17) is 47.0 Å². The van der Waals surface area contributed by atoms with Gasteiger partial charge in [-0.05, 0) is 37.3 Å². The second-order valence-electron chi connectivity index (χ2n) is 4.69. The topological polar surface area (TPSA) is 33.1 Å². The molecule has 1 heterocycles. The van der Waals surface area contributed by atoms with Crippen LogP contribution in [-0.2, 0) is 13.1 Å². The lowest BCUT2D eigenvalue weighted by Crippen LogP contribution is -2.30. The van der Waals surface area contributed by atoms with Crippen LogP contribution < -0.4 is 5.32 Å². The molecular formula is C14H15Cl3N4S. The van der Waals surface area contributed by atoms with Crippen LogP contribution in [0.1, 0.15) is 12.6 Å². The molecule has 0 fully saturated rings. The van der Waals surface area contributed by atoms with E-state index in [0.29, 0.717) is 26.7 Å². The summed E-state index contributed by atoms with van der Waals surface area (Å²) in [5.41, 5.74) is 1.56. The maximum Gasteiger partial charge on any atom is 0.173 e. The van der Waals surface area contributed by atoms with E-state index in [1.165, 1.54) is 0 Å². The first-order chi connectivity index (χ1) is 10.4. The zero-order chi connectivity index (χ0) is 16.3. The lowest BCUT2D eigenvalue weighted by atomic mass is 10.3. The molecule has 1 aromatic heterocycles. The first kappa shape index (κ1) is 17.3. The van der Waals surface area contributed by atoms with Crippen LogP contribution in [0.2, 0.25) is 15.1 Å². The zero-order valence-electron chi connectivity index (χ0n) is 12.1. The molecule has 0 aliphatic carbocycles. The number of hydrogen-bond donors (Lipinski definition) is 1. The van der Waals surface area contributed by atoms with Crippen molar-refractivity contribution in [1.82, 2.24) is 14.7 Å². The molecule has 0 bridgehead atoms. The normalized spacial score (nSPS) is 10.6. The predicted octanol–water partition coefficient (Wildman–Crippen LogP) is 4.69. The van der Waals surface area contributed by atoms with Gasteiger partial charge in [-0.15, -0.1) is 0 Å². The van der Waals surface area contributed by atoms with E-state index in [1.54, 1.807) is 23.0 Å². The standard InChI is InChI=1S/C14H15Cl3N4S/c1-3-21-7-12(17)13(19-21)8-20(2)14(22)18-9-4-5-10(15)11(16)6-9/h4-7H,3,8H2,1-2H3,(H,18,22). The number of nitrogens with zero attached hydrogens (tertiary/aromatic N) is 3. The van der Waals surface area contributed by atoms with E-state index in [-0.39, 0.29) is 0 Å². The Kier molecular flexibility index (Phi) is 5.92. The predicted molar refractivity (Wildman–Crippen MR) is 97.1 cm³/mol. The largest absolute Gasteiger partial charge is 0.346 e. The molecule has 2 rings (SSSR count). The highest BCUT2D eigenvalue weighted by Gasteiger charge is 2.12. The number of thiocarbonyl (C=S) groups is 1. The van der Waals surface area contributed by atoms with Crippen molar-refractivity contribution in [3.63, 3.8) is 0 Å². The van der Waals surface area contributed by atoms with Gasteiger partial charge in [-0.1, -0.05) is 34.8 Å². The lowest BCUT2D eigenvalue weighted by Gasteiger charge is -2.20. The number of aromatic nitrogens is 2. The Morgan fingerprint density at radius 1 is 1.27 bits per heavy atom. The first-order valence-electron chi connectivity index (χ1n) is 6.59. The van der Waals surface area contributed by atoms with Crippen LogP contribution in [0.15, 0.2) is 24.4 Å². The molecule has 8 heteroatoms. The monoisotopic (exact) mass is 376 g/mol. The van der Waals surface area contributed by atoms with E-state index in [2.05, 4.69) is 10.4 Å². The van der Waals surface area contributed by atoms with Gasteiger partial charge in [-0.2, -0.15) is 5.10 Å². The summed E-state index contributed by atoms with van der Waals surface area (Å²) in [5.74, 6) is 0. The smallest absolute Gasteiger partial charge is 0.173 e. The van der Waals surface area contributed by atoms with Crippen LogP contribution in [0.4, 0.5) is 5.69 Å². The van der Waals surface area contributed by atoms with Crippen LogP contribution in [0.25, 0.3) is 0 Å². The second kappa shape index (κ2) is 7.51. The first-order valence-corrected chi connectivity index (χ1v) is 8.14. The van der Waals surface area contributed by atoms with Gasteiger partial charge in [0.25, 0.3) is 0 Å². The molecule has 1 aromatic carbocycles. The Bertz CT molecular complexity index is 687. The number of hydrogen-bond acceptors (Lipinski definition) is 2. The number of anilines is 1. The van der Waals surface area contributed by atoms with Gasteiger partial charge >= 0.3 is 0 Å². The third-order valence-corrected chi connectivity index (χ3v) is 4.48. The molecule has 0 radical (unpaired) electrons. The van der Waals surface area contributed by atoms with Gasteiger partial charge in [0, 0.05) is 25.5 Å². The van der Waals surface area contributed by atoms with Gasteiger partial charge in [0.2, 0.25) is 0 Å². The Labute approximate surface area is 149 Å². The van der Waals surface area contributed by atoms with E-state index in [9.17, 15) is 0 Å². The zero-order valence-corrected chi connectivity index (χ0v) is 15.2. The van der Waals surface area contributed by atoms with Crippen molar-refractivity contribution in [2.75, 3.05) is 12.4 Å². The minimum atomic E-state index is 0.474. The molecule has 22 heavy (non-hydrogen) atoms. The fourth-order valence-electron chi connectivity index (χ4n) is 1.80. The van der Waals surface area contributed by atoms with Crippen molar-refractivity contribution in [2.24, 2.45) is 0 Å². The van der Waals surface area contributed by atoms with Crippen molar-refractivity contribution in [1.29, 1.82) is 0 Å². The van der Waals surface area contributed by atoms with Crippen LogP contribution in [0, 0.1) is 0 Å². The number of halogens is 3. The lowest BCUT2D eigenvalue weighted by molar-refractivity contribution is 0.492. The van der Waals surface area contributed by atoms with E-state index in [0.717, 1.165) is 17.9 Å². The minimum Gasteiger partial charge on any atom is -0.346 e. The summed E-state index contributed by atoms with van der Waals surface area (Å²) >= 11 is 23.4. The highest BCUT2D eigenvalue weighted by molar-refractivity contribution is 7.80. The van der Waals surface area contributed by atoms with Crippen molar-refractivity contribution in [2.45, 2.75) is 20.0 Å². The summed E-state index contributed by atoms with van der Waals surface area (Å²) in [4.78, 5) is 1.85. The van der Waals surface area contributed by atoms with Crippen LogP contribution in [0.5, 0.6) is 0 Å². The quantitative estimate of drug-likeness (QED) is 0.783. The SMILES string of the molecule is CCn1cc(Cl)c(CN(C)C(=S)Nc2ccc(Cl)c(Cl)c2)n1. The van der Waals surface area contributed by atoms with Crippen molar-refractivity contribution in [3.05, 3.63) is 45.2 Å². The molecule has 0 aliphatic heterocycles. The fourth-order valence-corrected chi connectivity index (χ4v) is 2.49. The maximum atomic E-state index is 6.17. The van der Waals surface area contributed by atoms with Gasteiger partial charge in [-0.25, -0.2) is 0 Å². The highest BCUT2D eigenvalue weighted by Crippen LogP contribution is 2.25. The summed E-state index contributed by atoms with van der Waals surface area (Å²) in [7, 11) is 1.87. The Hall–Kier alpha value is -1.01. The van der Waals surface area contributed by atoms with Crippen LogP contribution >= 0.6 is 47.0 Å². The Morgan fingerprint density at radius 2 is 2.00 bits per heavy atom. The van der Waals surface area contributed by atoms with Gasteiger partial charge in [0.1, 0.15) is 5.69 Å². The fraction of sp³-hybridized carbons (Fsp3) is 0.286. The molecule has 0 unspecified atom stereocenters. The van der Waals surface area contributed by atoms with E-state index in [1.807, 2.05) is 24.9 Å². The van der Waals surface area contributed by atoms with Crippen LogP contribution in [0.3, 0.4) is 0 Å². The van der Waals surface area contributed by atoms with E-state index < -0.39 is 0 Å². The summed E-state index contributed by atoms with van der Waals surface area (Å²) in [5, 5.41) is 9.66. The molecular weight excluding hydrogens is 363 g/mol. The van der Waals surface area contributed by atoms with Gasteiger partial charge in [-0.3, -0.25) is 4.68 Å². The Morgan fingerprint density at radius 3 is 2.59 bits per heavy atom. The molecule has 0 aliphatic rings. The van der Waals surface area contributed by atoms with Gasteiger partial charge in [0.15, 0.2) is 5.11 Å². The van der Waals surface area contributed by atoms with Crippen molar-refractivity contribution < 1.29 is 0 Å². The molecule has 4 nitrogen and oxygen atoms in total. The minimum absolute atomic E-state index is 0.474. The molecule has 0 amide bonds. The van der Waals surface area contributed by atoms with Gasteiger partial charge in [0.05, 0.1) is 21.6 Å². The molecule has 0 saturated heterocycles. The second-order valence-corrected chi connectivity index (χ2v) is 6.30. The average molecular weight is 378 g/mol. The molecule has 0 atom stereocenters. The summed E-state index contributed by atoms with van der Waals surface area (Å²) in [6.45, 7) is 3.29. The third-order valence-electron chi connectivity index (χ3n) is 3.02.